The van der Waals surface area contributed by atoms with Gasteiger partial charge in [0, 0.05) is 4.90 Å². The molecule has 0 spiro atoms. The molecule has 1 aliphatic rings. The first-order chi connectivity index (χ1) is 12.1. The molecule has 1 N–H and O–H groups in total. The van der Waals surface area contributed by atoms with Gasteiger partial charge < -0.3 is 10.1 Å². The second kappa shape index (κ2) is 7.67. The van der Waals surface area contributed by atoms with Crippen LogP contribution in [0, 0.1) is 0 Å². The summed E-state index contributed by atoms with van der Waals surface area (Å²) in [5, 5.41) is 3.25. The molecule has 0 saturated carbocycles. The fourth-order valence-corrected chi connectivity index (χ4v) is 3.68. The minimum atomic E-state index is -0.436. The largest absolute Gasteiger partial charge is 0.462 e. The smallest absolute Gasteiger partial charge is 0.340 e. The number of hydrogen-bond donors (Lipinski definition) is 1. The van der Waals surface area contributed by atoms with Gasteiger partial charge >= 0.3 is 5.97 Å². The van der Waals surface area contributed by atoms with Crippen molar-refractivity contribution >= 4 is 52.3 Å². The molecule has 5 nitrogen and oxygen atoms in total. The highest BCUT2D eigenvalue weighted by Gasteiger charge is 2.28. The van der Waals surface area contributed by atoms with Crippen LogP contribution in [0.5, 0.6) is 0 Å². The van der Waals surface area contributed by atoms with Crippen LogP contribution in [0.1, 0.15) is 17.3 Å². The Morgan fingerprint density at radius 3 is 2.76 bits per heavy atom. The molecule has 0 bridgehead atoms. The average molecular weight is 372 g/mol. The number of benzene rings is 2. The Morgan fingerprint density at radius 2 is 1.96 bits per heavy atom. The number of anilines is 2. The van der Waals surface area contributed by atoms with Crippen LogP contribution in [0.3, 0.4) is 0 Å². The molecule has 0 atom stereocenters. The third-order valence-corrected chi connectivity index (χ3v) is 4.91. The summed E-state index contributed by atoms with van der Waals surface area (Å²) in [6.07, 6.45) is 0. The predicted molar refractivity (Wildman–Crippen MR) is 103 cm³/mol. The van der Waals surface area contributed by atoms with Gasteiger partial charge in [0.15, 0.2) is 5.11 Å². The first-order valence-corrected chi connectivity index (χ1v) is 9.13. The number of fused-ring (bicyclic) bond motifs is 1. The minimum Gasteiger partial charge on any atom is -0.462 e. The minimum absolute atomic E-state index is 0.102. The fourth-order valence-electron chi connectivity index (χ4n) is 2.48. The Bertz CT molecular complexity index is 839. The van der Waals surface area contributed by atoms with Gasteiger partial charge in [0.2, 0.25) is 5.91 Å². The predicted octanol–water partition coefficient (Wildman–Crippen LogP) is 3.70. The number of rotatable bonds is 3. The summed E-state index contributed by atoms with van der Waals surface area (Å²) in [6, 6.07) is 14.5. The van der Waals surface area contributed by atoms with Crippen LogP contribution in [0.4, 0.5) is 11.4 Å². The van der Waals surface area contributed by atoms with E-state index in [1.54, 1.807) is 31.2 Å². The van der Waals surface area contributed by atoms with Crippen LogP contribution in [-0.4, -0.2) is 29.3 Å². The van der Waals surface area contributed by atoms with E-state index < -0.39 is 5.97 Å². The van der Waals surface area contributed by atoms with Gasteiger partial charge in [-0.3, -0.25) is 9.69 Å². The molecule has 128 valence electrons. The summed E-state index contributed by atoms with van der Waals surface area (Å²) in [6.45, 7) is 2.03. The van der Waals surface area contributed by atoms with Crippen LogP contribution >= 0.6 is 24.0 Å². The van der Waals surface area contributed by atoms with Crippen LogP contribution in [0.15, 0.2) is 53.4 Å². The zero-order valence-electron chi connectivity index (χ0n) is 13.5. The van der Waals surface area contributed by atoms with Crippen molar-refractivity contribution in [2.75, 3.05) is 22.6 Å². The van der Waals surface area contributed by atoms with Gasteiger partial charge in [-0.1, -0.05) is 24.3 Å². The van der Waals surface area contributed by atoms with Crippen molar-refractivity contribution in [1.82, 2.24) is 0 Å². The fraction of sp³-hybridized carbons (Fsp3) is 0.167. The van der Waals surface area contributed by atoms with Crippen molar-refractivity contribution in [3.05, 3.63) is 54.1 Å². The van der Waals surface area contributed by atoms with Gasteiger partial charge in [0.25, 0.3) is 0 Å². The molecule has 0 fully saturated rings. The van der Waals surface area contributed by atoms with Crippen LogP contribution in [-0.2, 0) is 9.53 Å². The molecular weight excluding hydrogens is 356 g/mol. The lowest BCUT2D eigenvalue weighted by Gasteiger charge is -2.29. The molecule has 2 aromatic rings. The summed E-state index contributed by atoms with van der Waals surface area (Å²) >= 11 is 6.94. The summed E-state index contributed by atoms with van der Waals surface area (Å²) < 4.78 is 5.07. The van der Waals surface area contributed by atoms with E-state index in [2.05, 4.69) is 5.32 Å². The van der Waals surface area contributed by atoms with Gasteiger partial charge in [-0.05, 0) is 43.4 Å². The topological polar surface area (TPSA) is 58.6 Å². The average Bonchev–Trinajstić information content (AvgIpc) is 2.62. The van der Waals surface area contributed by atoms with E-state index in [0.29, 0.717) is 17.0 Å². The SMILES string of the molecule is CCOC(=O)c1ccccc1NC(=S)N1C(=O)CSc2ccccc21. The maximum atomic E-state index is 12.4. The number of thiocarbonyl (C=S) groups is 1. The quantitative estimate of drug-likeness (QED) is 0.655. The number of nitrogens with zero attached hydrogens (tertiary/aromatic N) is 1. The normalized spacial score (nSPS) is 13.2. The third-order valence-electron chi connectivity index (χ3n) is 3.57. The Labute approximate surface area is 155 Å². The van der Waals surface area contributed by atoms with Crippen molar-refractivity contribution in [2.45, 2.75) is 11.8 Å². The van der Waals surface area contributed by atoms with Gasteiger partial charge in [-0.25, -0.2) is 4.79 Å². The lowest BCUT2D eigenvalue weighted by Crippen LogP contribution is -2.43. The number of thioether (sulfide) groups is 1. The highest BCUT2D eigenvalue weighted by Crippen LogP contribution is 2.35. The summed E-state index contributed by atoms with van der Waals surface area (Å²) in [5.74, 6) is -0.220. The number of ether oxygens (including phenoxy) is 1. The molecular formula is C18H16N2O3S2. The maximum Gasteiger partial charge on any atom is 0.340 e. The zero-order valence-corrected chi connectivity index (χ0v) is 15.2. The van der Waals surface area contributed by atoms with Crippen molar-refractivity contribution in [1.29, 1.82) is 0 Å². The number of esters is 1. The van der Waals surface area contributed by atoms with E-state index in [0.717, 1.165) is 10.6 Å². The maximum absolute atomic E-state index is 12.4. The van der Waals surface area contributed by atoms with Crippen LogP contribution in [0.2, 0.25) is 0 Å². The summed E-state index contributed by atoms with van der Waals surface area (Å²) in [4.78, 5) is 27.0. The third kappa shape index (κ3) is 3.67. The van der Waals surface area contributed by atoms with E-state index in [1.807, 2.05) is 24.3 Å². The molecule has 0 aromatic heterocycles. The molecule has 2 aromatic carbocycles. The number of nitrogens with one attached hydrogen (secondary N) is 1. The number of para-hydroxylation sites is 2. The van der Waals surface area contributed by atoms with E-state index >= 15 is 0 Å². The van der Waals surface area contributed by atoms with Crippen LogP contribution < -0.4 is 10.2 Å². The number of amides is 1. The number of carbonyl (C=O) groups is 2. The number of carbonyl (C=O) groups excluding carboxylic acids is 2. The Morgan fingerprint density at radius 1 is 1.24 bits per heavy atom. The van der Waals surface area contributed by atoms with Crippen molar-refractivity contribution < 1.29 is 14.3 Å². The molecule has 0 radical (unpaired) electrons. The molecule has 0 saturated heterocycles. The second-order valence-electron chi connectivity index (χ2n) is 5.18. The van der Waals surface area contributed by atoms with Crippen molar-refractivity contribution in [2.24, 2.45) is 0 Å². The standard InChI is InChI=1S/C18H16N2O3S2/c1-2-23-17(22)12-7-3-4-8-13(12)19-18(24)20-14-9-5-6-10-15(14)25-11-16(20)21/h3-10H,2,11H2,1H3,(H,19,24). The van der Waals surface area contributed by atoms with E-state index in [4.69, 9.17) is 17.0 Å². The Balaban J connectivity index is 1.89. The highest BCUT2D eigenvalue weighted by atomic mass is 32.2. The van der Waals surface area contributed by atoms with Crippen LogP contribution in [0.25, 0.3) is 0 Å². The van der Waals surface area contributed by atoms with Gasteiger partial charge in [0.1, 0.15) is 0 Å². The van der Waals surface area contributed by atoms with Gasteiger partial charge in [-0.2, -0.15) is 0 Å². The van der Waals surface area contributed by atoms with Gasteiger partial charge in [0.05, 0.1) is 29.3 Å². The highest BCUT2D eigenvalue weighted by molar-refractivity contribution is 8.00. The van der Waals surface area contributed by atoms with E-state index in [1.165, 1.54) is 16.7 Å². The molecule has 7 heteroatoms. The first kappa shape index (κ1) is 17.4. The molecule has 3 rings (SSSR count). The summed E-state index contributed by atoms with van der Waals surface area (Å²) in [5.41, 5.74) is 1.63. The molecule has 25 heavy (non-hydrogen) atoms. The summed E-state index contributed by atoms with van der Waals surface area (Å²) in [7, 11) is 0. The van der Waals surface area contributed by atoms with E-state index in [9.17, 15) is 9.59 Å². The molecule has 0 aliphatic carbocycles. The first-order valence-electron chi connectivity index (χ1n) is 7.73. The molecule has 1 heterocycles. The van der Waals surface area contributed by atoms with Gasteiger partial charge in [-0.15, -0.1) is 11.8 Å². The second-order valence-corrected chi connectivity index (χ2v) is 6.59. The Kier molecular flexibility index (Phi) is 5.35. The lowest BCUT2D eigenvalue weighted by molar-refractivity contribution is -0.115. The molecule has 1 aliphatic heterocycles. The van der Waals surface area contributed by atoms with E-state index in [-0.39, 0.29) is 17.6 Å². The zero-order chi connectivity index (χ0) is 17.8. The molecule has 1 amide bonds. The van der Waals surface area contributed by atoms with Crippen molar-refractivity contribution in [3.63, 3.8) is 0 Å². The number of hydrogen-bond acceptors (Lipinski definition) is 5. The monoisotopic (exact) mass is 372 g/mol. The molecule has 0 unspecified atom stereocenters. The lowest BCUT2D eigenvalue weighted by atomic mass is 10.2. The van der Waals surface area contributed by atoms with Crippen molar-refractivity contribution in [3.8, 4) is 0 Å². The Hall–Kier alpha value is -2.38.